The Balaban J connectivity index is 1.54. The van der Waals surface area contributed by atoms with Gasteiger partial charge in [-0.3, -0.25) is 0 Å². The number of halogens is 3. The molecule has 0 atom stereocenters. The maximum atomic E-state index is 12.9. The van der Waals surface area contributed by atoms with Gasteiger partial charge in [-0.2, -0.15) is 0 Å². The summed E-state index contributed by atoms with van der Waals surface area (Å²) in [6.07, 6.45) is -0.922. The molecule has 4 aromatic rings. The van der Waals surface area contributed by atoms with E-state index in [0.717, 1.165) is 16.6 Å². The van der Waals surface area contributed by atoms with Gasteiger partial charge in [0.15, 0.2) is 4.73 Å². The predicted octanol–water partition coefficient (Wildman–Crippen LogP) is 5.91. The number of alkyl halides is 2. The molecule has 148 valence electrons. The van der Waals surface area contributed by atoms with Crippen LogP contribution in [0.3, 0.4) is 0 Å². The molecule has 4 rings (SSSR count). The number of fused-ring (bicyclic) bond motifs is 1. The van der Waals surface area contributed by atoms with E-state index < -0.39 is 6.43 Å². The number of nitrogens with zero attached hydrogens (tertiary/aromatic N) is 4. The summed E-state index contributed by atoms with van der Waals surface area (Å²) >= 11 is 3.05. The van der Waals surface area contributed by atoms with Gasteiger partial charge in [0.1, 0.15) is 23.0 Å². The van der Waals surface area contributed by atoms with Gasteiger partial charge in [0, 0.05) is 24.9 Å². The lowest BCUT2D eigenvalue weighted by Gasteiger charge is -2.12. The first-order chi connectivity index (χ1) is 13.9. The van der Waals surface area contributed by atoms with Crippen molar-refractivity contribution in [1.82, 2.24) is 19.5 Å². The predicted molar refractivity (Wildman–Crippen MR) is 110 cm³/mol. The second-order valence-corrected chi connectivity index (χ2v) is 7.17. The van der Waals surface area contributed by atoms with Crippen molar-refractivity contribution in [3.05, 3.63) is 64.8 Å². The fourth-order valence-corrected chi connectivity index (χ4v) is 3.30. The number of hydrogen-bond acceptors (Lipinski definition) is 5. The summed E-state index contributed by atoms with van der Waals surface area (Å²) < 4.78 is 33.9. The molecule has 9 heteroatoms. The standard InChI is InChI=1S/C20H16BrF2N5O/c1-11-7-12(25-18-9-15(19(22)23)26-20(21)27-18)3-6-17(11)29-13-4-5-16-14(8-13)24-10-28(16)2/h3-10,19H,1-2H3,(H,25,26,27). The Labute approximate surface area is 173 Å². The number of aryl methyl sites for hydroxylation is 2. The molecule has 2 aromatic heterocycles. The highest BCUT2D eigenvalue weighted by Gasteiger charge is 2.13. The number of aromatic nitrogens is 4. The van der Waals surface area contributed by atoms with E-state index >= 15 is 0 Å². The van der Waals surface area contributed by atoms with E-state index in [1.165, 1.54) is 6.07 Å². The normalized spacial score (nSPS) is 11.2. The summed E-state index contributed by atoms with van der Waals surface area (Å²) in [7, 11) is 1.94. The van der Waals surface area contributed by atoms with Crippen LogP contribution in [0.4, 0.5) is 20.3 Å². The minimum Gasteiger partial charge on any atom is -0.457 e. The van der Waals surface area contributed by atoms with E-state index in [-0.39, 0.29) is 16.2 Å². The van der Waals surface area contributed by atoms with Gasteiger partial charge < -0.3 is 14.6 Å². The quantitative estimate of drug-likeness (QED) is 0.376. The highest BCUT2D eigenvalue weighted by atomic mass is 79.9. The largest absolute Gasteiger partial charge is 0.457 e. The van der Waals surface area contributed by atoms with Crippen molar-refractivity contribution in [3.8, 4) is 11.5 Å². The first-order valence-corrected chi connectivity index (χ1v) is 9.47. The van der Waals surface area contributed by atoms with Crippen molar-refractivity contribution in [2.24, 2.45) is 7.05 Å². The summed E-state index contributed by atoms with van der Waals surface area (Å²) in [6, 6.07) is 12.4. The van der Waals surface area contributed by atoms with Gasteiger partial charge in [0.05, 0.1) is 17.4 Å². The molecule has 0 radical (unpaired) electrons. The van der Waals surface area contributed by atoms with Crippen molar-refractivity contribution in [1.29, 1.82) is 0 Å². The Morgan fingerprint density at radius 3 is 2.69 bits per heavy atom. The second kappa shape index (κ2) is 7.75. The summed E-state index contributed by atoms with van der Waals surface area (Å²) in [5.74, 6) is 1.64. The molecule has 0 fully saturated rings. The first kappa shape index (κ1) is 19.3. The lowest BCUT2D eigenvalue weighted by Crippen LogP contribution is -2.00. The Morgan fingerprint density at radius 1 is 1.10 bits per heavy atom. The summed E-state index contributed by atoms with van der Waals surface area (Å²) in [5, 5.41) is 3.02. The third kappa shape index (κ3) is 4.19. The number of benzene rings is 2. The SMILES string of the molecule is Cc1cc(Nc2cc(C(F)F)nc(Br)n2)ccc1Oc1ccc2c(c1)ncn2C. The molecule has 0 bridgehead atoms. The average molecular weight is 460 g/mol. The number of nitrogens with one attached hydrogen (secondary N) is 1. The van der Waals surface area contributed by atoms with Crippen LogP contribution in [0.15, 0.2) is 53.5 Å². The second-order valence-electron chi connectivity index (χ2n) is 6.46. The molecular weight excluding hydrogens is 444 g/mol. The molecule has 1 N–H and O–H groups in total. The van der Waals surface area contributed by atoms with E-state index in [1.807, 2.05) is 48.9 Å². The van der Waals surface area contributed by atoms with Crippen LogP contribution in [-0.4, -0.2) is 19.5 Å². The Kier molecular flexibility index (Phi) is 5.14. The van der Waals surface area contributed by atoms with E-state index in [0.29, 0.717) is 17.2 Å². The maximum absolute atomic E-state index is 12.9. The van der Waals surface area contributed by atoms with E-state index in [2.05, 4.69) is 36.2 Å². The zero-order valence-corrected chi connectivity index (χ0v) is 17.1. The molecule has 0 saturated heterocycles. The van der Waals surface area contributed by atoms with Gasteiger partial charge >= 0.3 is 0 Å². The van der Waals surface area contributed by atoms with Gasteiger partial charge in [-0.05, 0) is 58.7 Å². The zero-order valence-electron chi connectivity index (χ0n) is 15.5. The summed E-state index contributed by atoms with van der Waals surface area (Å²) in [5.41, 5.74) is 3.09. The number of imidazole rings is 1. The van der Waals surface area contributed by atoms with Crippen molar-refractivity contribution in [2.45, 2.75) is 13.3 Å². The summed E-state index contributed by atoms with van der Waals surface area (Å²) in [4.78, 5) is 12.1. The minimum absolute atomic E-state index is 0.0967. The van der Waals surface area contributed by atoms with Gasteiger partial charge in [-0.1, -0.05) is 0 Å². The van der Waals surface area contributed by atoms with Crippen molar-refractivity contribution < 1.29 is 13.5 Å². The maximum Gasteiger partial charge on any atom is 0.280 e. The highest BCUT2D eigenvalue weighted by molar-refractivity contribution is 9.10. The third-order valence-corrected chi connectivity index (χ3v) is 4.67. The van der Waals surface area contributed by atoms with E-state index in [1.54, 1.807) is 12.4 Å². The van der Waals surface area contributed by atoms with Gasteiger partial charge in [0.25, 0.3) is 6.43 Å². The molecule has 0 unspecified atom stereocenters. The van der Waals surface area contributed by atoms with Crippen LogP contribution < -0.4 is 10.1 Å². The van der Waals surface area contributed by atoms with Crippen molar-refractivity contribution in [2.75, 3.05) is 5.32 Å². The lowest BCUT2D eigenvalue weighted by atomic mass is 10.2. The van der Waals surface area contributed by atoms with Gasteiger partial charge in [-0.15, -0.1) is 0 Å². The van der Waals surface area contributed by atoms with Crippen LogP contribution in [0.1, 0.15) is 17.7 Å². The van der Waals surface area contributed by atoms with Crippen LogP contribution in [0, 0.1) is 6.92 Å². The lowest BCUT2D eigenvalue weighted by molar-refractivity contribution is 0.145. The average Bonchev–Trinajstić information content (AvgIpc) is 3.04. The smallest absolute Gasteiger partial charge is 0.280 e. The van der Waals surface area contributed by atoms with Crippen molar-refractivity contribution >= 4 is 38.5 Å². The molecule has 29 heavy (non-hydrogen) atoms. The topological polar surface area (TPSA) is 64.9 Å². The molecule has 0 aliphatic carbocycles. The van der Waals surface area contributed by atoms with Crippen LogP contribution in [0.2, 0.25) is 0 Å². The Hall–Kier alpha value is -3.07. The van der Waals surface area contributed by atoms with Crippen LogP contribution in [0.5, 0.6) is 11.5 Å². The molecule has 6 nitrogen and oxygen atoms in total. The van der Waals surface area contributed by atoms with Gasteiger partial charge in [0.2, 0.25) is 0 Å². The first-order valence-electron chi connectivity index (χ1n) is 8.68. The van der Waals surface area contributed by atoms with Gasteiger partial charge in [-0.25, -0.2) is 23.7 Å². The fourth-order valence-electron chi connectivity index (χ4n) is 2.91. The number of rotatable bonds is 5. The summed E-state index contributed by atoms with van der Waals surface area (Å²) in [6.45, 7) is 1.90. The third-order valence-electron chi connectivity index (χ3n) is 4.31. The molecule has 0 saturated carbocycles. The Bertz CT molecular complexity index is 1190. The number of ether oxygens (including phenoxy) is 1. The molecule has 2 aromatic carbocycles. The van der Waals surface area contributed by atoms with Crippen LogP contribution in [0.25, 0.3) is 11.0 Å². The zero-order chi connectivity index (χ0) is 20.5. The number of anilines is 2. The molecule has 0 aliphatic heterocycles. The minimum atomic E-state index is -2.68. The fraction of sp³-hybridized carbons (Fsp3) is 0.150. The Morgan fingerprint density at radius 2 is 1.93 bits per heavy atom. The van der Waals surface area contributed by atoms with E-state index in [9.17, 15) is 8.78 Å². The van der Waals surface area contributed by atoms with E-state index in [4.69, 9.17) is 4.74 Å². The molecule has 0 spiro atoms. The van der Waals surface area contributed by atoms with Crippen LogP contribution in [-0.2, 0) is 7.05 Å². The molecule has 2 heterocycles. The molecule has 0 aliphatic rings. The highest BCUT2D eigenvalue weighted by Crippen LogP contribution is 2.30. The monoisotopic (exact) mass is 459 g/mol. The van der Waals surface area contributed by atoms with Crippen LogP contribution >= 0.6 is 15.9 Å². The molecule has 0 amide bonds. The molecular formula is C20H16BrF2N5O. The number of hydrogen-bond donors (Lipinski definition) is 1. The van der Waals surface area contributed by atoms with Crippen molar-refractivity contribution in [3.63, 3.8) is 0 Å².